The summed E-state index contributed by atoms with van der Waals surface area (Å²) in [4.78, 5) is 19.5. The van der Waals surface area contributed by atoms with E-state index in [2.05, 4.69) is 4.98 Å². The quantitative estimate of drug-likeness (QED) is 0.687. The van der Waals surface area contributed by atoms with Crippen LogP contribution < -0.4 is 0 Å². The fourth-order valence-corrected chi connectivity index (χ4v) is 3.84. The lowest BCUT2D eigenvalue weighted by Gasteiger charge is -2.33. The van der Waals surface area contributed by atoms with E-state index in [4.69, 9.17) is 20.8 Å². The number of ether oxygens (including phenoxy) is 1. The van der Waals surface area contributed by atoms with Gasteiger partial charge in [-0.3, -0.25) is 4.79 Å². The van der Waals surface area contributed by atoms with Crippen molar-refractivity contribution in [3.8, 4) is 10.8 Å². The number of hydrogen-bond donors (Lipinski definition) is 0. The van der Waals surface area contributed by atoms with Crippen LogP contribution >= 0.6 is 22.9 Å². The summed E-state index contributed by atoms with van der Waals surface area (Å²) in [6.45, 7) is 1.55. The maximum Gasteiger partial charge on any atom is 0.265 e. The number of rotatable bonds is 3. The highest BCUT2D eigenvalue weighted by Crippen LogP contribution is 2.29. The lowest BCUT2D eigenvalue weighted by atomic mass is 10.1. The molecule has 0 spiro atoms. The molecule has 5 nitrogen and oxygen atoms in total. The summed E-state index contributed by atoms with van der Waals surface area (Å²) in [5.74, 6) is 0.633. The molecule has 0 N–H and O–H groups in total. The van der Waals surface area contributed by atoms with Crippen molar-refractivity contribution in [1.29, 1.82) is 0 Å². The Labute approximate surface area is 153 Å². The first-order chi connectivity index (χ1) is 12.2. The lowest BCUT2D eigenvalue weighted by Crippen LogP contribution is -2.42. The average molecular weight is 375 g/mol. The van der Waals surface area contributed by atoms with E-state index in [1.165, 1.54) is 11.3 Å². The molecule has 128 valence electrons. The van der Waals surface area contributed by atoms with Gasteiger partial charge < -0.3 is 14.1 Å². The van der Waals surface area contributed by atoms with Gasteiger partial charge in [0.25, 0.3) is 5.91 Å². The Morgan fingerprint density at radius 3 is 3.04 bits per heavy atom. The van der Waals surface area contributed by atoms with Crippen LogP contribution in [0.3, 0.4) is 0 Å². The molecule has 1 amide bonds. The highest BCUT2D eigenvalue weighted by Gasteiger charge is 2.27. The van der Waals surface area contributed by atoms with E-state index in [0.717, 1.165) is 5.56 Å². The molecule has 3 aromatic rings. The molecule has 1 aliphatic rings. The Balaban J connectivity index is 1.50. The zero-order chi connectivity index (χ0) is 17.2. The zero-order valence-electron chi connectivity index (χ0n) is 13.2. The third kappa shape index (κ3) is 3.46. The molecule has 0 saturated carbocycles. The van der Waals surface area contributed by atoms with Crippen molar-refractivity contribution in [3.05, 3.63) is 64.3 Å². The van der Waals surface area contributed by atoms with E-state index in [1.54, 1.807) is 23.4 Å². The topological polar surface area (TPSA) is 55.6 Å². The number of amides is 1. The Bertz CT molecular complexity index is 878. The Morgan fingerprint density at radius 1 is 1.32 bits per heavy atom. The number of morpholine rings is 1. The number of halogens is 1. The van der Waals surface area contributed by atoms with Crippen LogP contribution in [-0.4, -0.2) is 35.5 Å². The predicted molar refractivity (Wildman–Crippen MR) is 95.9 cm³/mol. The molecule has 1 unspecified atom stereocenters. The molecule has 4 rings (SSSR count). The lowest BCUT2D eigenvalue weighted by molar-refractivity contribution is -0.0226. The first kappa shape index (κ1) is 16.3. The van der Waals surface area contributed by atoms with Crippen LogP contribution in [-0.2, 0) is 4.74 Å². The van der Waals surface area contributed by atoms with Crippen LogP contribution in [0.4, 0.5) is 0 Å². The number of thiazole rings is 1. The molecule has 1 aromatic carbocycles. The van der Waals surface area contributed by atoms with Crippen molar-refractivity contribution in [1.82, 2.24) is 9.88 Å². The Morgan fingerprint density at radius 2 is 2.24 bits per heavy atom. The molecule has 0 radical (unpaired) electrons. The second kappa shape index (κ2) is 7.00. The second-order valence-corrected chi connectivity index (χ2v) is 7.14. The molecule has 3 heterocycles. The third-order valence-corrected chi connectivity index (χ3v) is 5.26. The number of nitrogens with zero attached hydrogens (tertiary/aromatic N) is 2. The fraction of sp³-hybridized carbons (Fsp3) is 0.222. The minimum atomic E-state index is -0.172. The summed E-state index contributed by atoms with van der Waals surface area (Å²) in [5, 5.41) is 1.36. The molecule has 25 heavy (non-hydrogen) atoms. The minimum absolute atomic E-state index is 0.0364. The van der Waals surface area contributed by atoms with Crippen molar-refractivity contribution in [2.24, 2.45) is 0 Å². The van der Waals surface area contributed by atoms with E-state index in [0.29, 0.717) is 40.4 Å². The van der Waals surface area contributed by atoms with Crippen LogP contribution in [0.25, 0.3) is 10.8 Å². The standard InChI is InChI=1S/C18H15ClN2O3S/c19-13-4-1-3-12(9-13)15-11-21(6-8-24-15)18(22)16-10-20-17(25-16)14-5-2-7-23-14/h1-5,7,9-10,15H,6,8,11H2. The van der Waals surface area contributed by atoms with E-state index in [9.17, 15) is 4.79 Å². The van der Waals surface area contributed by atoms with E-state index in [-0.39, 0.29) is 12.0 Å². The first-order valence-electron chi connectivity index (χ1n) is 7.87. The molecular weight excluding hydrogens is 360 g/mol. The van der Waals surface area contributed by atoms with Crippen LogP contribution in [0.2, 0.25) is 5.02 Å². The van der Waals surface area contributed by atoms with Gasteiger partial charge in [-0.25, -0.2) is 4.98 Å². The van der Waals surface area contributed by atoms with Crippen LogP contribution in [0.5, 0.6) is 0 Å². The SMILES string of the molecule is O=C(c1cnc(-c2ccco2)s1)N1CCOC(c2cccc(Cl)c2)C1. The Kier molecular flexibility index (Phi) is 4.57. The van der Waals surface area contributed by atoms with Crippen LogP contribution in [0.1, 0.15) is 21.3 Å². The van der Waals surface area contributed by atoms with Gasteiger partial charge in [0.05, 0.1) is 25.6 Å². The monoisotopic (exact) mass is 374 g/mol. The average Bonchev–Trinajstić information content (AvgIpc) is 3.32. The van der Waals surface area contributed by atoms with Gasteiger partial charge >= 0.3 is 0 Å². The molecule has 2 aromatic heterocycles. The van der Waals surface area contributed by atoms with Gasteiger partial charge in [0.15, 0.2) is 10.8 Å². The number of hydrogen-bond acceptors (Lipinski definition) is 5. The fourth-order valence-electron chi connectivity index (χ4n) is 2.79. The number of benzene rings is 1. The van der Waals surface area contributed by atoms with Crippen LogP contribution in [0.15, 0.2) is 53.3 Å². The van der Waals surface area contributed by atoms with Crippen LogP contribution in [0, 0.1) is 0 Å². The van der Waals surface area contributed by atoms with Crippen molar-refractivity contribution in [2.75, 3.05) is 19.7 Å². The minimum Gasteiger partial charge on any atom is -0.462 e. The molecular formula is C18H15ClN2O3S. The van der Waals surface area contributed by atoms with Crippen molar-refractivity contribution in [3.63, 3.8) is 0 Å². The van der Waals surface area contributed by atoms with Gasteiger partial charge in [-0.05, 0) is 29.8 Å². The van der Waals surface area contributed by atoms with E-state index >= 15 is 0 Å². The van der Waals surface area contributed by atoms with Crippen molar-refractivity contribution in [2.45, 2.75) is 6.10 Å². The molecule has 0 aliphatic carbocycles. The summed E-state index contributed by atoms with van der Waals surface area (Å²) in [6.07, 6.45) is 3.03. The number of carbonyl (C=O) groups excluding carboxylic acids is 1. The van der Waals surface area contributed by atoms with Gasteiger partial charge in [0.2, 0.25) is 0 Å². The molecule has 7 heteroatoms. The maximum atomic E-state index is 12.8. The van der Waals surface area contributed by atoms with E-state index in [1.807, 2.05) is 30.3 Å². The predicted octanol–water partition coefficient (Wildman–Crippen LogP) is 4.27. The molecule has 1 aliphatic heterocycles. The van der Waals surface area contributed by atoms with Crippen molar-refractivity contribution >= 4 is 28.8 Å². The number of furan rings is 1. The zero-order valence-corrected chi connectivity index (χ0v) is 14.8. The normalized spacial score (nSPS) is 17.6. The van der Waals surface area contributed by atoms with Gasteiger partial charge in [-0.1, -0.05) is 23.7 Å². The first-order valence-corrected chi connectivity index (χ1v) is 9.06. The third-order valence-electron chi connectivity index (χ3n) is 4.02. The van der Waals surface area contributed by atoms with Gasteiger partial charge in [0.1, 0.15) is 11.0 Å². The molecule has 1 fully saturated rings. The summed E-state index contributed by atoms with van der Waals surface area (Å²) in [5.41, 5.74) is 0.977. The molecule has 1 saturated heterocycles. The highest BCUT2D eigenvalue weighted by molar-refractivity contribution is 7.16. The second-order valence-electron chi connectivity index (χ2n) is 5.67. The number of carbonyl (C=O) groups is 1. The van der Waals surface area contributed by atoms with E-state index < -0.39 is 0 Å². The summed E-state index contributed by atoms with van der Waals surface area (Å²) in [7, 11) is 0. The van der Waals surface area contributed by atoms with Gasteiger partial charge in [-0.2, -0.15) is 0 Å². The summed E-state index contributed by atoms with van der Waals surface area (Å²) in [6, 6.07) is 11.2. The van der Waals surface area contributed by atoms with Gasteiger partial charge in [-0.15, -0.1) is 11.3 Å². The largest absolute Gasteiger partial charge is 0.462 e. The van der Waals surface area contributed by atoms with Gasteiger partial charge in [0, 0.05) is 11.6 Å². The maximum absolute atomic E-state index is 12.8. The Hall–Kier alpha value is -2.15. The number of aromatic nitrogens is 1. The summed E-state index contributed by atoms with van der Waals surface area (Å²) >= 11 is 7.39. The molecule has 0 bridgehead atoms. The highest BCUT2D eigenvalue weighted by atomic mass is 35.5. The summed E-state index contributed by atoms with van der Waals surface area (Å²) < 4.78 is 11.2. The smallest absolute Gasteiger partial charge is 0.265 e. The van der Waals surface area contributed by atoms with Crippen molar-refractivity contribution < 1.29 is 13.9 Å². The molecule has 1 atom stereocenters.